The van der Waals surface area contributed by atoms with E-state index in [0.717, 1.165) is 35.5 Å². The van der Waals surface area contributed by atoms with Crippen LogP contribution >= 0.6 is 0 Å². The number of carbonyl (C=O) groups excluding carboxylic acids is 1. The van der Waals surface area contributed by atoms with Crippen LogP contribution in [0.5, 0.6) is 0 Å². The lowest BCUT2D eigenvalue weighted by atomic mass is 9.83. The molecule has 1 fully saturated rings. The number of rotatable bonds is 10. The lowest BCUT2D eigenvalue weighted by molar-refractivity contribution is 0.219. The Balaban J connectivity index is 1.47. The third-order valence-electron chi connectivity index (χ3n) is 8.46. The van der Waals surface area contributed by atoms with Gasteiger partial charge in [0.2, 0.25) is 5.95 Å². The zero-order chi connectivity index (χ0) is 28.7. The fourth-order valence-corrected chi connectivity index (χ4v) is 5.96. The summed E-state index contributed by atoms with van der Waals surface area (Å²) < 4.78 is 8.64. The van der Waals surface area contributed by atoms with Crippen LogP contribution in [0.3, 0.4) is 0 Å². The van der Waals surface area contributed by atoms with Crippen LogP contribution in [0, 0.1) is 17.2 Å². The van der Waals surface area contributed by atoms with Gasteiger partial charge in [0.05, 0.1) is 11.3 Å². The normalized spacial score (nSPS) is 18.8. The fraction of sp³-hybridized carbons (Fsp3) is 0.483. The Morgan fingerprint density at radius 1 is 1.30 bits per heavy atom. The Labute approximate surface area is 238 Å². The summed E-state index contributed by atoms with van der Waals surface area (Å²) >= 11 is 0. The molecule has 1 aliphatic carbocycles. The van der Waals surface area contributed by atoms with Gasteiger partial charge in [0.1, 0.15) is 12.3 Å². The van der Waals surface area contributed by atoms with E-state index < -0.39 is 13.7 Å². The van der Waals surface area contributed by atoms with Crippen molar-refractivity contribution >= 4 is 39.4 Å². The summed E-state index contributed by atoms with van der Waals surface area (Å²) in [4.78, 5) is 22.6. The maximum atomic E-state index is 11.5. The Bertz CT molecular complexity index is 1460. The van der Waals surface area contributed by atoms with Crippen LogP contribution in [0.2, 0.25) is 18.1 Å². The van der Waals surface area contributed by atoms with E-state index in [9.17, 15) is 10.1 Å². The van der Waals surface area contributed by atoms with Crippen molar-refractivity contribution in [3.63, 3.8) is 0 Å². The van der Waals surface area contributed by atoms with Gasteiger partial charge in [-0.2, -0.15) is 10.4 Å². The molecule has 0 spiro atoms. The molecule has 3 aromatic rings. The number of benzene rings is 1. The smallest absolute Gasteiger partial charge is 0.329 e. The number of nitrogens with zero attached hydrogens (tertiary/aromatic N) is 6. The van der Waals surface area contributed by atoms with Crippen LogP contribution in [0.4, 0.5) is 17.5 Å². The second-order valence-corrected chi connectivity index (χ2v) is 17.6. The highest BCUT2D eigenvalue weighted by Gasteiger charge is 2.44. The summed E-state index contributed by atoms with van der Waals surface area (Å²) in [5.74, 6) is 1.87. The standard InChI is InChI=1S/C29H37BN7O2Si/c1-28(2,3)40(5,6)39-18-29(4)17-37(30-19-38)26-22(15-31)13-21(14-23(26)29)24-9-11-32-27(33-24)34-25-10-12-36(35-25)16-20-7-8-20/h9-14,19-20H,7-8,16-18H2,1-6H3,(H,32,33,34,35)/t29-/m1/s1. The van der Waals surface area contributed by atoms with Crippen LogP contribution in [0.1, 0.15) is 51.7 Å². The first-order valence-electron chi connectivity index (χ1n) is 13.8. The Kier molecular flexibility index (Phi) is 7.35. The van der Waals surface area contributed by atoms with Crippen molar-refractivity contribution in [3.8, 4) is 17.3 Å². The lowest BCUT2D eigenvalue weighted by Crippen LogP contribution is -2.46. The molecule has 1 saturated carbocycles. The zero-order valence-corrected chi connectivity index (χ0v) is 25.2. The molecule has 1 radical (unpaired) electrons. The van der Waals surface area contributed by atoms with Crippen LogP contribution in [0.25, 0.3) is 11.3 Å². The molecule has 2 aromatic heterocycles. The van der Waals surface area contributed by atoms with Crippen LogP contribution in [0.15, 0.2) is 36.7 Å². The van der Waals surface area contributed by atoms with Gasteiger partial charge in [0.15, 0.2) is 14.1 Å². The molecule has 207 valence electrons. The van der Waals surface area contributed by atoms with Crippen molar-refractivity contribution in [2.45, 2.75) is 70.6 Å². The van der Waals surface area contributed by atoms with E-state index in [2.05, 4.69) is 68.3 Å². The number of fused-ring (bicyclic) bond motifs is 1. The largest absolute Gasteiger partial charge is 0.416 e. The first-order valence-corrected chi connectivity index (χ1v) is 16.7. The second kappa shape index (κ2) is 10.5. The molecule has 1 atom stereocenters. The van der Waals surface area contributed by atoms with Gasteiger partial charge < -0.3 is 19.3 Å². The van der Waals surface area contributed by atoms with Gasteiger partial charge in [-0.15, -0.1) is 0 Å². The molecule has 5 rings (SSSR count). The van der Waals surface area contributed by atoms with Gasteiger partial charge in [-0.3, -0.25) is 4.68 Å². The quantitative estimate of drug-likeness (QED) is 0.267. The van der Waals surface area contributed by atoms with Crippen molar-refractivity contribution < 1.29 is 9.22 Å². The third-order valence-corrected chi connectivity index (χ3v) is 12.9. The molecule has 9 nitrogen and oxygen atoms in total. The molecule has 1 aliphatic heterocycles. The number of hydrogen-bond acceptors (Lipinski definition) is 8. The van der Waals surface area contributed by atoms with Gasteiger partial charge in [0, 0.05) is 54.8 Å². The summed E-state index contributed by atoms with van der Waals surface area (Å²) in [6.07, 6.45) is 6.99. The van der Waals surface area contributed by atoms with Gasteiger partial charge in [-0.05, 0) is 60.7 Å². The monoisotopic (exact) mass is 554 g/mol. The minimum absolute atomic E-state index is 0.0666. The number of anilines is 3. The third kappa shape index (κ3) is 5.69. The summed E-state index contributed by atoms with van der Waals surface area (Å²) in [5, 5.41) is 18.0. The van der Waals surface area contributed by atoms with Crippen molar-refractivity contribution in [2.75, 3.05) is 23.3 Å². The second-order valence-electron chi connectivity index (χ2n) is 12.8. The fourth-order valence-electron chi connectivity index (χ4n) is 4.85. The molecule has 2 aliphatic rings. The summed E-state index contributed by atoms with van der Waals surface area (Å²) in [5.41, 5.74) is 3.31. The molecule has 40 heavy (non-hydrogen) atoms. The zero-order valence-electron chi connectivity index (χ0n) is 24.2. The highest BCUT2D eigenvalue weighted by molar-refractivity contribution is 6.74. The SMILES string of the molecule is CC(C)(C)[Si](C)(C)OC[C@@]1(C)CN([B]C=O)c2c(C#N)cc(-c3ccnc(Nc4ccn(CC5CC5)n4)n3)cc21. The summed E-state index contributed by atoms with van der Waals surface area (Å²) in [6.45, 7) is 15.3. The van der Waals surface area contributed by atoms with Crippen LogP contribution in [-0.4, -0.2) is 54.8 Å². The molecule has 0 bridgehead atoms. The summed E-state index contributed by atoms with van der Waals surface area (Å²) in [6, 6.07) is 10.0. The van der Waals surface area contributed by atoms with E-state index in [1.165, 1.54) is 20.3 Å². The number of hydrogen-bond donors (Lipinski definition) is 1. The topological polar surface area (TPSA) is 109 Å². The first kappa shape index (κ1) is 28.1. The lowest BCUT2D eigenvalue weighted by Gasteiger charge is -2.39. The van der Waals surface area contributed by atoms with Gasteiger partial charge in [-0.1, -0.05) is 27.7 Å². The predicted octanol–water partition coefficient (Wildman–Crippen LogP) is 5.27. The number of nitriles is 1. The molecule has 11 heteroatoms. The average Bonchev–Trinajstić information content (AvgIpc) is 3.54. The minimum Gasteiger partial charge on any atom is -0.416 e. The van der Waals surface area contributed by atoms with Crippen LogP contribution < -0.4 is 10.1 Å². The van der Waals surface area contributed by atoms with Gasteiger partial charge in [-0.25, -0.2) is 9.97 Å². The molecule has 0 amide bonds. The van der Waals surface area contributed by atoms with Crippen molar-refractivity contribution in [1.29, 1.82) is 5.26 Å². The minimum atomic E-state index is -2.03. The Morgan fingerprint density at radius 2 is 2.08 bits per heavy atom. The van der Waals surface area contributed by atoms with Gasteiger partial charge in [0.25, 0.3) is 0 Å². The number of nitrogens with one attached hydrogen (secondary N) is 1. The highest BCUT2D eigenvalue weighted by Crippen LogP contribution is 2.46. The molecule has 0 unspecified atom stereocenters. The maximum absolute atomic E-state index is 11.5. The Morgan fingerprint density at radius 3 is 2.75 bits per heavy atom. The van der Waals surface area contributed by atoms with Crippen molar-refractivity contribution in [3.05, 3.63) is 47.8 Å². The molecule has 1 aromatic carbocycles. The van der Waals surface area contributed by atoms with E-state index in [-0.39, 0.29) is 5.04 Å². The number of carbonyl (C=O) groups is 1. The van der Waals surface area contributed by atoms with E-state index >= 15 is 0 Å². The number of aromatic nitrogens is 4. The first-order chi connectivity index (χ1) is 18.9. The molecular formula is C29H37BN7O2Si. The molecule has 3 heterocycles. The van der Waals surface area contributed by atoms with E-state index in [1.54, 1.807) is 6.20 Å². The van der Waals surface area contributed by atoms with Gasteiger partial charge >= 0.3 is 7.41 Å². The van der Waals surface area contributed by atoms with Crippen molar-refractivity contribution in [2.24, 2.45) is 5.92 Å². The van der Waals surface area contributed by atoms with E-state index in [1.807, 2.05) is 33.9 Å². The maximum Gasteiger partial charge on any atom is 0.329 e. The Hall–Kier alpha value is -3.49. The molecular weight excluding hydrogens is 517 g/mol. The van der Waals surface area contributed by atoms with E-state index in [0.29, 0.717) is 36.2 Å². The average molecular weight is 555 g/mol. The predicted molar refractivity (Wildman–Crippen MR) is 161 cm³/mol. The van der Waals surface area contributed by atoms with Crippen LogP contribution in [-0.2, 0) is 21.2 Å². The van der Waals surface area contributed by atoms with E-state index in [4.69, 9.17) is 9.41 Å². The summed E-state index contributed by atoms with van der Waals surface area (Å²) in [7, 11) is -0.523. The molecule has 1 N–H and O–H groups in total. The highest BCUT2D eigenvalue weighted by atomic mass is 28.4. The van der Waals surface area contributed by atoms with Crippen molar-refractivity contribution in [1.82, 2.24) is 19.7 Å². The molecule has 0 saturated heterocycles.